The van der Waals surface area contributed by atoms with Crippen molar-refractivity contribution in [2.75, 3.05) is 12.4 Å². The Morgan fingerprint density at radius 1 is 1.06 bits per heavy atom. The van der Waals surface area contributed by atoms with Gasteiger partial charge in [0.2, 0.25) is 0 Å². The topological polar surface area (TPSA) is 59.6 Å². The minimum absolute atomic E-state index is 0.147. The van der Waals surface area contributed by atoms with E-state index in [4.69, 9.17) is 32.7 Å². The molecule has 176 valence electrons. The summed E-state index contributed by atoms with van der Waals surface area (Å²) < 4.78 is 11.4. The summed E-state index contributed by atoms with van der Waals surface area (Å²) in [5.74, 6) is 0.785. The molecule has 1 fully saturated rings. The monoisotopic (exact) mass is 514 g/mol. The predicted molar refractivity (Wildman–Crippen MR) is 141 cm³/mol. The molecule has 8 heteroatoms. The fourth-order valence-corrected chi connectivity index (χ4v) is 4.79. The third-order valence-corrected chi connectivity index (χ3v) is 6.80. The molecule has 0 aromatic heterocycles. The molecule has 3 aromatic carbocycles. The number of carbonyl (C=O) groups is 1. The second-order valence-electron chi connectivity index (χ2n) is 7.62. The number of hydrogen-bond acceptors (Lipinski definition) is 5. The molecule has 0 saturated carbocycles. The van der Waals surface area contributed by atoms with Gasteiger partial charge in [0.25, 0.3) is 5.91 Å². The Balaban J connectivity index is 1.46. The van der Waals surface area contributed by atoms with Crippen LogP contribution in [0.5, 0.6) is 11.5 Å². The summed E-state index contributed by atoms with van der Waals surface area (Å²) in [6, 6.07) is 19.1. The van der Waals surface area contributed by atoms with E-state index < -0.39 is 0 Å². The lowest BCUT2D eigenvalue weighted by Gasteiger charge is -2.14. The predicted octanol–water partition coefficient (Wildman–Crippen LogP) is 6.74. The Morgan fingerprint density at radius 3 is 2.44 bits per heavy atom. The molecule has 4 rings (SSSR count). The van der Waals surface area contributed by atoms with Crippen molar-refractivity contribution >= 4 is 52.6 Å². The van der Waals surface area contributed by atoms with Crippen molar-refractivity contribution in [3.05, 3.63) is 92.3 Å². The van der Waals surface area contributed by atoms with Crippen LogP contribution in [0, 0.1) is 0 Å². The van der Waals surface area contributed by atoms with E-state index in [2.05, 4.69) is 29.7 Å². The summed E-state index contributed by atoms with van der Waals surface area (Å²) >= 11 is 13.9. The first kappa shape index (κ1) is 24.3. The minimum Gasteiger partial charge on any atom is -0.493 e. The highest BCUT2D eigenvalue weighted by molar-refractivity contribution is 8.05. The molecule has 0 radical (unpaired) electrons. The third kappa shape index (κ3) is 6.00. The molecule has 34 heavy (non-hydrogen) atoms. The van der Waals surface area contributed by atoms with Gasteiger partial charge in [-0.05, 0) is 65.6 Å². The largest absolute Gasteiger partial charge is 0.493 e. The van der Waals surface area contributed by atoms with E-state index in [0.717, 1.165) is 23.2 Å². The SMILES string of the molecule is CCc1ccc(N[C@H]2NC(=O)/C(=C/c3cc(Cl)c(OCc4ccc(Cl)cc4)c(OC)c3)S2)cc1. The van der Waals surface area contributed by atoms with Gasteiger partial charge in [-0.25, -0.2) is 0 Å². The number of methoxy groups -OCH3 is 1. The summed E-state index contributed by atoms with van der Waals surface area (Å²) in [5.41, 5.74) is 3.65. The Bertz CT molecular complexity index is 1200. The summed E-state index contributed by atoms with van der Waals surface area (Å²) in [7, 11) is 1.55. The van der Waals surface area contributed by atoms with Crippen LogP contribution in [0.1, 0.15) is 23.6 Å². The number of thioether (sulfide) groups is 1. The van der Waals surface area contributed by atoms with Gasteiger partial charge in [0.1, 0.15) is 6.61 Å². The smallest absolute Gasteiger partial charge is 0.260 e. The molecule has 0 unspecified atom stereocenters. The van der Waals surface area contributed by atoms with Gasteiger partial charge < -0.3 is 20.1 Å². The fourth-order valence-electron chi connectivity index (χ4n) is 3.40. The van der Waals surface area contributed by atoms with Crippen molar-refractivity contribution in [2.24, 2.45) is 0 Å². The number of aryl methyl sites for hydroxylation is 1. The zero-order valence-corrected chi connectivity index (χ0v) is 21.1. The maximum atomic E-state index is 12.5. The van der Waals surface area contributed by atoms with Gasteiger partial charge in [-0.2, -0.15) is 0 Å². The zero-order chi connectivity index (χ0) is 24.1. The number of benzene rings is 3. The van der Waals surface area contributed by atoms with Crippen molar-refractivity contribution in [1.82, 2.24) is 5.32 Å². The van der Waals surface area contributed by atoms with E-state index in [9.17, 15) is 4.79 Å². The van der Waals surface area contributed by atoms with E-state index in [0.29, 0.717) is 33.1 Å². The molecule has 0 spiro atoms. The average Bonchev–Trinajstić information content (AvgIpc) is 3.17. The Kier molecular flexibility index (Phi) is 7.93. The normalized spacial score (nSPS) is 16.4. The lowest BCUT2D eigenvalue weighted by atomic mass is 10.1. The molecule has 0 bridgehead atoms. The summed E-state index contributed by atoms with van der Waals surface area (Å²) in [4.78, 5) is 13.1. The minimum atomic E-state index is -0.259. The molecule has 1 atom stereocenters. The van der Waals surface area contributed by atoms with Crippen LogP contribution in [0.25, 0.3) is 6.08 Å². The van der Waals surface area contributed by atoms with Gasteiger partial charge in [0.15, 0.2) is 17.0 Å². The number of rotatable bonds is 8. The van der Waals surface area contributed by atoms with Crippen molar-refractivity contribution in [2.45, 2.75) is 25.4 Å². The highest BCUT2D eigenvalue weighted by atomic mass is 35.5. The lowest BCUT2D eigenvalue weighted by Crippen LogP contribution is -2.30. The Morgan fingerprint density at radius 2 is 1.76 bits per heavy atom. The van der Waals surface area contributed by atoms with E-state index in [1.54, 1.807) is 37.5 Å². The van der Waals surface area contributed by atoms with Gasteiger partial charge in [0, 0.05) is 10.7 Å². The third-order valence-electron chi connectivity index (χ3n) is 5.24. The Labute approximate surface area is 213 Å². The van der Waals surface area contributed by atoms with Crippen LogP contribution in [0.2, 0.25) is 10.0 Å². The van der Waals surface area contributed by atoms with E-state index in [1.807, 2.05) is 24.3 Å². The van der Waals surface area contributed by atoms with Gasteiger partial charge in [-0.3, -0.25) is 4.79 Å². The highest BCUT2D eigenvalue weighted by Crippen LogP contribution is 2.39. The highest BCUT2D eigenvalue weighted by Gasteiger charge is 2.27. The molecular formula is C26H24Cl2N2O3S. The molecule has 1 aliphatic rings. The summed E-state index contributed by atoms with van der Waals surface area (Å²) in [6.45, 7) is 2.44. The number of halogens is 2. The molecule has 1 saturated heterocycles. The van der Waals surface area contributed by atoms with Gasteiger partial charge in [0.05, 0.1) is 17.0 Å². The maximum Gasteiger partial charge on any atom is 0.260 e. The van der Waals surface area contributed by atoms with Crippen molar-refractivity contribution < 1.29 is 14.3 Å². The van der Waals surface area contributed by atoms with Crippen LogP contribution in [0.15, 0.2) is 65.6 Å². The average molecular weight is 515 g/mol. The standard InChI is InChI=1S/C26H24Cl2N2O3S/c1-3-16-6-10-20(11-7-16)29-26-30-25(31)23(34-26)14-18-12-21(28)24(22(13-18)32-2)33-15-17-4-8-19(27)9-5-17/h4-14,26,29H,3,15H2,1-2H3,(H,30,31)/b23-14-/t26-/m0/s1. The second kappa shape index (κ2) is 11.1. The molecule has 0 aliphatic carbocycles. The molecule has 1 heterocycles. The van der Waals surface area contributed by atoms with Crippen molar-refractivity contribution in [1.29, 1.82) is 0 Å². The summed E-state index contributed by atoms with van der Waals surface area (Å²) in [6.07, 6.45) is 2.78. The zero-order valence-electron chi connectivity index (χ0n) is 18.7. The summed E-state index contributed by atoms with van der Waals surface area (Å²) in [5, 5.41) is 7.33. The van der Waals surface area contributed by atoms with Crippen LogP contribution in [0.3, 0.4) is 0 Å². The number of hydrogen-bond donors (Lipinski definition) is 2. The van der Waals surface area contributed by atoms with Crippen molar-refractivity contribution in [3.63, 3.8) is 0 Å². The van der Waals surface area contributed by atoms with Crippen LogP contribution in [0.4, 0.5) is 5.69 Å². The van der Waals surface area contributed by atoms with Crippen molar-refractivity contribution in [3.8, 4) is 11.5 Å². The quantitative estimate of drug-likeness (QED) is 0.326. The lowest BCUT2D eigenvalue weighted by molar-refractivity contribution is -0.116. The van der Waals surface area contributed by atoms with Gasteiger partial charge >= 0.3 is 0 Å². The molecule has 2 N–H and O–H groups in total. The number of amides is 1. The number of carbonyl (C=O) groups excluding carboxylic acids is 1. The molecular weight excluding hydrogens is 491 g/mol. The number of ether oxygens (including phenoxy) is 2. The maximum absolute atomic E-state index is 12.5. The van der Waals surface area contributed by atoms with Gasteiger partial charge in [-0.1, -0.05) is 66.2 Å². The first-order chi connectivity index (χ1) is 16.4. The molecule has 1 aliphatic heterocycles. The molecule has 3 aromatic rings. The van der Waals surface area contributed by atoms with E-state index in [-0.39, 0.29) is 11.4 Å². The first-order valence-corrected chi connectivity index (χ1v) is 12.4. The van der Waals surface area contributed by atoms with E-state index in [1.165, 1.54) is 17.3 Å². The molecule has 1 amide bonds. The molecule has 5 nitrogen and oxygen atoms in total. The fraction of sp³-hybridized carbons (Fsp3) is 0.192. The number of nitrogens with one attached hydrogen (secondary N) is 2. The van der Waals surface area contributed by atoms with E-state index >= 15 is 0 Å². The second-order valence-corrected chi connectivity index (χ2v) is 9.61. The van der Waals surface area contributed by atoms with Crippen LogP contribution in [-0.4, -0.2) is 18.5 Å². The Hall–Kier alpha value is -2.80. The van der Waals surface area contributed by atoms with Gasteiger partial charge in [-0.15, -0.1) is 0 Å². The number of anilines is 1. The van der Waals surface area contributed by atoms with Crippen LogP contribution in [-0.2, 0) is 17.8 Å². The van der Waals surface area contributed by atoms with Crippen LogP contribution >= 0.6 is 35.0 Å². The first-order valence-electron chi connectivity index (χ1n) is 10.7. The van der Waals surface area contributed by atoms with Crippen LogP contribution < -0.4 is 20.1 Å².